The fourth-order valence-corrected chi connectivity index (χ4v) is 3.23. The zero-order valence-corrected chi connectivity index (χ0v) is 14.4. The summed E-state index contributed by atoms with van der Waals surface area (Å²) >= 11 is 6.11. The fourth-order valence-electron chi connectivity index (χ4n) is 3.07. The molecule has 0 atom stereocenters. The van der Waals surface area contributed by atoms with Gasteiger partial charge in [-0.3, -0.25) is 9.20 Å². The van der Waals surface area contributed by atoms with Gasteiger partial charge < -0.3 is 5.32 Å². The van der Waals surface area contributed by atoms with Crippen molar-refractivity contribution in [3.63, 3.8) is 0 Å². The van der Waals surface area contributed by atoms with Gasteiger partial charge in [0.05, 0.1) is 10.7 Å². The first kappa shape index (κ1) is 15.7. The summed E-state index contributed by atoms with van der Waals surface area (Å²) in [6, 6.07) is 17.4. The molecule has 0 saturated heterocycles. The predicted octanol–water partition coefficient (Wildman–Crippen LogP) is 4.96. The molecule has 0 aliphatic carbocycles. The van der Waals surface area contributed by atoms with E-state index < -0.39 is 0 Å². The van der Waals surface area contributed by atoms with Crippen molar-refractivity contribution in [1.29, 1.82) is 0 Å². The minimum atomic E-state index is -0.192. The molecule has 124 valence electrons. The second kappa shape index (κ2) is 6.22. The highest BCUT2D eigenvalue weighted by Gasteiger charge is 2.19. The number of anilines is 1. The molecule has 0 aliphatic heterocycles. The molecule has 0 bridgehead atoms. The molecule has 0 radical (unpaired) electrons. The number of benzene rings is 2. The van der Waals surface area contributed by atoms with E-state index in [0.29, 0.717) is 22.8 Å². The number of carbonyl (C=O) groups excluding carboxylic acids is 1. The smallest absolute Gasteiger partial charge is 0.274 e. The van der Waals surface area contributed by atoms with Gasteiger partial charge in [0.2, 0.25) is 0 Å². The maximum atomic E-state index is 13.0. The Bertz CT molecular complexity index is 1100. The van der Waals surface area contributed by atoms with Gasteiger partial charge in [-0.25, -0.2) is 4.98 Å². The van der Waals surface area contributed by atoms with Crippen LogP contribution in [0, 0.1) is 0 Å². The third kappa shape index (κ3) is 2.75. The summed E-state index contributed by atoms with van der Waals surface area (Å²) in [5, 5.41) is 5.68. The Morgan fingerprint density at radius 3 is 2.76 bits per heavy atom. The third-order valence-electron chi connectivity index (χ3n) is 4.24. The molecule has 4 nitrogen and oxygen atoms in total. The highest BCUT2D eigenvalue weighted by molar-refractivity contribution is 6.30. The largest absolute Gasteiger partial charge is 0.320 e. The molecular formula is C20H16ClN3O. The van der Waals surface area contributed by atoms with Crippen LogP contribution in [0.1, 0.15) is 23.1 Å². The molecule has 1 N–H and O–H groups in total. The normalized spacial score (nSPS) is 11.1. The van der Waals surface area contributed by atoms with Gasteiger partial charge in [0.15, 0.2) is 0 Å². The SMILES string of the molecule is CCc1nc2ccc(Cl)cn2c1C(=O)Nc1cccc2ccccc12. The number of halogens is 1. The van der Waals surface area contributed by atoms with E-state index >= 15 is 0 Å². The number of carbonyl (C=O) groups is 1. The Labute approximate surface area is 150 Å². The second-order valence-corrected chi connectivity index (χ2v) is 6.25. The summed E-state index contributed by atoms with van der Waals surface area (Å²) in [6.45, 7) is 1.98. The summed E-state index contributed by atoms with van der Waals surface area (Å²) in [6.07, 6.45) is 2.39. The van der Waals surface area contributed by atoms with Gasteiger partial charge in [-0.05, 0) is 30.0 Å². The second-order valence-electron chi connectivity index (χ2n) is 5.82. The molecule has 2 aromatic heterocycles. The van der Waals surface area contributed by atoms with Crippen LogP contribution in [0.3, 0.4) is 0 Å². The molecule has 0 spiro atoms. The summed E-state index contributed by atoms with van der Waals surface area (Å²) in [5.74, 6) is -0.192. The number of hydrogen-bond acceptors (Lipinski definition) is 2. The van der Waals surface area contributed by atoms with Crippen LogP contribution in [-0.2, 0) is 6.42 Å². The number of nitrogens with zero attached hydrogens (tertiary/aromatic N) is 2. The summed E-state index contributed by atoms with van der Waals surface area (Å²) < 4.78 is 1.75. The molecule has 4 rings (SSSR count). The highest BCUT2D eigenvalue weighted by atomic mass is 35.5. The van der Waals surface area contributed by atoms with Crippen LogP contribution in [0.2, 0.25) is 5.02 Å². The number of rotatable bonds is 3. The number of aryl methyl sites for hydroxylation is 1. The highest BCUT2D eigenvalue weighted by Crippen LogP contribution is 2.24. The van der Waals surface area contributed by atoms with E-state index in [1.807, 2.05) is 55.5 Å². The maximum absolute atomic E-state index is 13.0. The lowest BCUT2D eigenvalue weighted by atomic mass is 10.1. The molecule has 0 saturated carbocycles. The van der Waals surface area contributed by atoms with Crippen LogP contribution < -0.4 is 5.32 Å². The molecule has 25 heavy (non-hydrogen) atoms. The first-order chi connectivity index (χ1) is 12.2. The van der Waals surface area contributed by atoms with Gasteiger partial charge in [0.25, 0.3) is 5.91 Å². The zero-order chi connectivity index (χ0) is 17.4. The summed E-state index contributed by atoms with van der Waals surface area (Å²) in [7, 11) is 0. The van der Waals surface area contributed by atoms with E-state index in [-0.39, 0.29) is 5.91 Å². The van der Waals surface area contributed by atoms with Crippen molar-refractivity contribution in [1.82, 2.24) is 9.38 Å². The molecule has 5 heteroatoms. The van der Waals surface area contributed by atoms with Crippen molar-refractivity contribution in [2.75, 3.05) is 5.32 Å². The lowest BCUT2D eigenvalue weighted by molar-refractivity contribution is 0.102. The van der Waals surface area contributed by atoms with Gasteiger partial charge in [0.1, 0.15) is 11.3 Å². The van der Waals surface area contributed by atoms with Crippen LogP contribution in [0.4, 0.5) is 5.69 Å². The van der Waals surface area contributed by atoms with E-state index in [1.54, 1.807) is 16.7 Å². The number of aromatic nitrogens is 2. The van der Waals surface area contributed by atoms with Gasteiger partial charge in [0, 0.05) is 17.3 Å². The monoisotopic (exact) mass is 349 g/mol. The zero-order valence-electron chi connectivity index (χ0n) is 13.7. The number of imidazole rings is 1. The van der Waals surface area contributed by atoms with Crippen molar-refractivity contribution < 1.29 is 4.79 Å². The number of nitrogens with one attached hydrogen (secondary N) is 1. The molecule has 0 unspecified atom stereocenters. The van der Waals surface area contributed by atoms with E-state index in [4.69, 9.17) is 11.6 Å². The van der Waals surface area contributed by atoms with E-state index in [2.05, 4.69) is 10.3 Å². The number of pyridine rings is 1. The Hall–Kier alpha value is -2.85. The summed E-state index contributed by atoms with van der Waals surface area (Å²) in [4.78, 5) is 17.5. The van der Waals surface area contributed by atoms with Crippen LogP contribution in [0.25, 0.3) is 16.4 Å². The standard InChI is InChI=1S/C20H16ClN3O/c1-2-16-19(24-12-14(21)10-11-18(24)22-16)20(25)23-17-9-5-7-13-6-3-4-8-15(13)17/h3-12H,2H2,1H3,(H,23,25). The van der Waals surface area contributed by atoms with Crippen molar-refractivity contribution >= 4 is 39.6 Å². The predicted molar refractivity (Wildman–Crippen MR) is 101 cm³/mol. The van der Waals surface area contributed by atoms with Gasteiger partial charge in [-0.15, -0.1) is 0 Å². The average molecular weight is 350 g/mol. The van der Waals surface area contributed by atoms with Crippen LogP contribution >= 0.6 is 11.6 Å². The lowest BCUT2D eigenvalue weighted by Gasteiger charge is -2.09. The van der Waals surface area contributed by atoms with Crippen molar-refractivity contribution in [3.05, 3.63) is 77.2 Å². The Morgan fingerprint density at radius 2 is 1.92 bits per heavy atom. The fraction of sp³-hybridized carbons (Fsp3) is 0.100. The molecule has 4 aromatic rings. The minimum absolute atomic E-state index is 0.192. The Balaban J connectivity index is 1.81. The van der Waals surface area contributed by atoms with Crippen LogP contribution in [0.5, 0.6) is 0 Å². The molecule has 0 fully saturated rings. The number of fused-ring (bicyclic) bond motifs is 2. The first-order valence-corrected chi connectivity index (χ1v) is 8.51. The van der Waals surface area contributed by atoms with Crippen LogP contribution in [-0.4, -0.2) is 15.3 Å². The maximum Gasteiger partial charge on any atom is 0.274 e. The molecule has 2 heterocycles. The first-order valence-electron chi connectivity index (χ1n) is 8.13. The molecule has 2 aromatic carbocycles. The van der Waals surface area contributed by atoms with E-state index in [0.717, 1.165) is 22.2 Å². The minimum Gasteiger partial charge on any atom is -0.320 e. The topological polar surface area (TPSA) is 46.4 Å². The Kier molecular flexibility index (Phi) is 3.90. The van der Waals surface area contributed by atoms with Gasteiger partial charge >= 0.3 is 0 Å². The van der Waals surface area contributed by atoms with E-state index in [9.17, 15) is 4.79 Å². The van der Waals surface area contributed by atoms with Crippen molar-refractivity contribution in [2.45, 2.75) is 13.3 Å². The van der Waals surface area contributed by atoms with Gasteiger partial charge in [-0.2, -0.15) is 0 Å². The number of amides is 1. The molecule has 1 amide bonds. The molecule has 0 aliphatic rings. The van der Waals surface area contributed by atoms with Gasteiger partial charge in [-0.1, -0.05) is 54.9 Å². The average Bonchev–Trinajstić information content (AvgIpc) is 3.00. The van der Waals surface area contributed by atoms with Crippen molar-refractivity contribution in [3.8, 4) is 0 Å². The Morgan fingerprint density at radius 1 is 1.12 bits per heavy atom. The van der Waals surface area contributed by atoms with Crippen LogP contribution in [0.15, 0.2) is 60.8 Å². The molecular weight excluding hydrogens is 334 g/mol. The van der Waals surface area contributed by atoms with E-state index in [1.165, 1.54) is 0 Å². The summed E-state index contributed by atoms with van der Waals surface area (Å²) in [5.41, 5.74) is 2.76. The number of hydrogen-bond donors (Lipinski definition) is 1. The van der Waals surface area contributed by atoms with Crippen molar-refractivity contribution in [2.24, 2.45) is 0 Å². The third-order valence-corrected chi connectivity index (χ3v) is 4.47. The quantitative estimate of drug-likeness (QED) is 0.568. The lowest BCUT2D eigenvalue weighted by Crippen LogP contribution is -2.16.